The fourth-order valence-corrected chi connectivity index (χ4v) is 4.20. The third-order valence-electron chi connectivity index (χ3n) is 4.21. The molecular formula is C20H12N2O4S2. The summed E-state index contributed by atoms with van der Waals surface area (Å²) in [7, 11) is 0. The fourth-order valence-electron chi connectivity index (χ4n) is 2.91. The minimum Gasteiger partial charge on any atom is -0.507 e. The quantitative estimate of drug-likeness (QED) is 0.499. The van der Waals surface area contributed by atoms with Crippen LogP contribution in [-0.4, -0.2) is 31.4 Å². The number of carboxylic acid groups (broad SMARTS) is 1. The van der Waals surface area contributed by atoms with Gasteiger partial charge in [0.25, 0.3) is 5.91 Å². The molecule has 0 radical (unpaired) electrons. The van der Waals surface area contributed by atoms with Crippen molar-refractivity contribution in [3.63, 3.8) is 0 Å². The number of carbonyl (C=O) groups excluding carboxylic acids is 1. The SMILES string of the molecule is O=C(O)c1cc(N2C(=O)C(=Cc3cccc4cccnc34)SC2=S)ccc1O. The lowest BCUT2D eigenvalue weighted by atomic mass is 10.1. The molecule has 1 aromatic heterocycles. The maximum Gasteiger partial charge on any atom is 0.339 e. The van der Waals surface area contributed by atoms with E-state index in [2.05, 4.69) is 4.98 Å². The van der Waals surface area contributed by atoms with Crippen LogP contribution in [0.2, 0.25) is 0 Å². The first-order valence-corrected chi connectivity index (χ1v) is 9.36. The molecule has 1 fully saturated rings. The average Bonchev–Trinajstić information content (AvgIpc) is 2.96. The van der Waals surface area contributed by atoms with E-state index in [1.54, 1.807) is 12.3 Å². The van der Waals surface area contributed by atoms with Crippen LogP contribution in [0.4, 0.5) is 5.69 Å². The highest BCUT2D eigenvalue weighted by atomic mass is 32.2. The summed E-state index contributed by atoms with van der Waals surface area (Å²) in [6.45, 7) is 0. The van der Waals surface area contributed by atoms with E-state index in [1.807, 2.05) is 30.3 Å². The summed E-state index contributed by atoms with van der Waals surface area (Å²) in [5, 5.41) is 19.8. The highest BCUT2D eigenvalue weighted by molar-refractivity contribution is 8.27. The molecule has 1 saturated heterocycles. The van der Waals surface area contributed by atoms with Gasteiger partial charge in [-0.25, -0.2) is 4.79 Å². The Morgan fingerprint density at radius 3 is 2.75 bits per heavy atom. The normalized spacial score (nSPS) is 15.6. The number of aromatic carboxylic acids is 1. The zero-order chi connectivity index (χ0) is 19.8. The first-order valence-electron chi connectivity index (χ1n) is 8.14. The lowest BCUT2D eigenvalue weighted by molar-refractivity contribution is -0.113. The molecule has 1 amide bonds. The Labute approximate surface area is 169 Å². The van der Waals surface area contributed by atoms with Crippen molar-refractivity contribution in [1.82, 2.24) is 4.98 Å². The Hall–Kier alpha value is -3.23. The molecule has 0 saturated carbocycles. The van der Waals surface area contributed by atoms with Gasteiger partial charge in [-0.15, -0.1) is 0 Å². The minimum absolute atomic E-state index is 0.284. The van der Waals surface area contributed by atoms with Gasteiger partial charge in [0.15, 0.2) is 4.32 Å². The molecule has 0 unspecified atom stereocenters. The summed E-state index contributed by atoms with van der Waals surface area (Å²) < 4.78 is 0.284. The topological polar surface area (TPSA) is 90.7 Å². The number of amides is 1. The molecule has 6 nitrogen and oxygen atoms in total. The molecule has 1 aliphatic rings. The largest absolute Gasteiger partial charge is 0.507 e. The molecule has 2 heterocycles. The van der Waals surface area contributed by atoms with Crippen LogP contribution >= 0.6 is 24.0 Å². The van der Waals surface area contributed by atoms with E-state index < -0.39 is 5.97 Å². The number of thiocarbonyl (C=S) groups is 1. The number of phenols is 1. The van der Waals surface area contributed by atoms with Crippen LogP contribution in [0.15, 0.2) is 59.6 Å². The molecule has 138 valence electrons. The summed E-state index contributed by atoms with van der Waals surface area (Å²) in [5.41, 5.74) is 1.55. The van der Waals surface area contributed by atoms with Gasteiger partial charge in [-0.3, -0.25) is 14.7 Å². The average molecular weight is 408 g/mol. The van der Waals surface area contributed by atoms with Crippen LogP contribution in [0.25, 0.3) is 17.0 Å². The van der Waals surface area contributed by atoms with Crippen LogP contribution in [0, 0.1) is 0 Å². The van der Waals surface area contributed by atoms with Crippen LogP contribution in [0.3, 0.4) is 0 Å². The third kappa shape index (κ3) is 3.12. The fraction of sp³-hybridized carbons (Fsp3) is 0. The summed E-state index contributed by atoms with van der Waals surface area (Å²) in [6, 6.07) is 13.4. The van der Waals surface area contributed by atoms with Crippen molar-refractivity contribution >= 4 is 62.8 Å². The molecule has 0 atom stereocenters. The first-order chi connectivity index (χ1) is 13.5. The van der Waals surface area contributed by atoms with E-state index in [4.69, 9.17) is 12.2 Å². The number of anilines is 1. The monoisotopic (exact) mass is 408 g/mol. The Kier molecular flexibility index (Phi) is 4.58. The van der Waals surface area contributed by atoms with Gasteiger partial charge >= 0.3 is 5.97 Å². The van der Waals surface area contributed by atoms with Gasteiger partial charge in [0.1, 0.15) is 11.3 Å². The van der Waals surface area contributed by atoms with Gasteiger partial charge in [-0.2, -0.15) is 0 Å². The highest BCUT2D eigenvalue weighted by Gasteiger charge is 2.34. The lowest BCUT2D eigenvalue weighted by Crippen LogP contribution is -2.27. The Morgan fingerprint density at radius 2 is 1.96 bits per heavy atom. The van der Waals surface area contributed by atoms with Gasteiger partial charge in [0, 0.05) is 17.1 Å². The zero-order valence-electron chi connectivity index (χ0n) is 14.2. The number of carboxylic acids is 1. The van der Waals surface area contributed by atoms with Gasteiger partial charge in [-0.1, -0.05) is 48.2 Å². The molecule has 28 heavy (non-hydrogen) atoms. The number of hydrogen-bond acceptors (Lipinski definition) is 6. The number of rotatable bonds is 3. The highest BCUT2D eigenvalue weighted by Crippen LogP contribution is 2.37. The maximum absolute atomic E-state index is 12.9. The molecule has 8 heteroatoms. The van der Waals surface area contributed by atoms with E-state index in [1.165, 1.54) is 23.1 Å². The Balaban J connectivity index is 1.74. The molecule has 0 spiro atoms. The number of aromatic nitrogens is 1. The Morgan fingerprint density at radius 1 is 1.18 bits per heavy atom. The molecule has 1 aliphatic heterocycles. The van der Waals surface area contributed by atoms with Crippen LogP contribution in [-0.2, 0) is 4.79 Å². The third-order valence-corrected chi connectivity index (χ3v) is 5.52. The number of nitrogens with zero attached hydrogens (tertiary/aromatic N) is 2. The van der Waals surface area contributed by atoms with Gasteiger partial charge in [-0.05, 0) is 30.3 Å². The second kappa shape index (κ2) is 7.06. The summed E-state index contributed by atoms with van der Waals surface area (Å²) in [5.74, 6) is -2.02. The molecule has 2 aromatic carbocycles. The summed E-state index contributed by atoms with van der Waals surface area (Å²) in [6.07, 6.45) is 3.42. The van der Waals surface area contributed by atoms with Gasteiger partial charge in [0.2, 0.25) is 0 Å². The molecule has 3 aromatic rings. The van der Waals surface area contributed by atoms with Gasteiger partial charge < -0.3 is 10.2 Å². The number of aromatic hydroxyl groups is 1. The lowest BCUT2D eigenvalue weighted by Gasteiger charge is -2.15. The molecule has 4 rings (SSSR count). The molecule has 2 N–H and O–H groups in total. The minimum atomic E-state index is -1.29. The first kappa shape index (κ1) is 18.1. The number of para-hydroxylation sites is 1. The van der Waals surface area contributed by atoms with Crippen molar-refractivity contribution in [2.45, 2.75) is 0 Å². The van der Waals surface area contributed by atoms with Gasteiger partial charge in [0.05, 0.1) is 16.1 Å². The number of fused-ring (bicyclic) bond motifs is 1. The number of thioether (sulfide) groups is 1. The van der Waals surface area contributed by atoms with E-state index in [0.717, 1.165) is 28.2 Å². The van der Waals surface area contributed by atoms with E-state index in [9.17, 15) is 19.8 Å². The number of carbonyl (C=O) groups is 2. The predicted octanol–water partition coefficient (Wildman–Crippen LogP) is 4.04. The van der Waals surface area contributed by atoms with Crippen molar-refractivity contribution in [3.8, 4) is 5.75 Å². The summed E-state index contributed by atoms with van der Waals surface area (Å²) >= 11 is 6.46. The van der Waals surface area contributed by atoms with Crippen LogP contribution in [0.5, 0.6) is 5.75 Å². The van der Waals surface area contributed by atoms with E-state index in [0.29, 0.717) is 4.91 Å². The maximum atomic E-state index is 12.9. The van der Waals surface area contributed by atoms with Crippen molar-refractivity contribution < 1.29 is 19.8 Å². The molecule has 0 bridgehead atoms. The summed E-state index contributed by atoms with van der Waals surface area (Å²) in [4.78, 5) is 30.3. The number of hydrogen-bond donors (Lipinski definition) is 2. The van der Waals surface area contributed by atoms with E-state index in [-0.39, 0.29) is 27.2 Å². The van der Waals surface area contributed by atoms with Crippen LogP contribution in [0.1, 0.15) is 15.9 Å². The predicted molar refractivity (Wildman–Crippen MR) is 112 cm³/mol. The Bertz CT molecular complexity index is 1180. The number of pyridine rings is 1. The zero-order valence-corrected chi connectivity index (χ0v) is 15.8. The van der Waals surface area contributed by atoms with Crippen molar-refractivity contribution in [1.29, 1.82) is 0 Å². The van der Waals surface area contributed by atoms with Crippen molar-refractivity contribution in [2.24, 2.45) is 0 Å². The molecule has 0 aliphatic carbocycles. The smallest absolute Gasteiger partial charge is 0.339 e. The standard InChI is InChI=1S/C20H12N2O4S2/c23-15-7-6-13(10-14(15)19(25)26)22-18(24)16(28-20(22)27)9-12-4-1-3-11-5-2-8-21-17(11)12/h1-10,23H,(H,25,26). The van der Waals surface area contributed by atoms with E-state index >= 15 is 0 Å². The number of benzene rings is 2. The van der Waals surface area contributed by atoms with Crippen LogP contribution < -0.4 is 4.90 Å². The molecular weight excluding hydrogens is 396 g/mol. The van der Waals surface area contributed by atoms with Crippen molar-refractivity contribution in [3.05, 3.63) is 70.8 Å². The van der Waals surface area contributed by atoms with Crippen molar-refractivity contribution in [2.75, 3.05) is 4.90 Å². The second-order valence-electron chi connectivity index (χ2n) is 5.95. The second-order valence-corrected chi connectivity index (χ2v) is 7.62.